The lowest BCUT2D eigenvalue weighted by molar-refractivity contribution is -0.117. The van der Waals surface area contributed by atoms with E-state index in [-0.39, 0.29) is 6.42 Å². The topological polar surface area (TPSA) is 99.3 Å². The van der Waals surface area contributed by atoms with Crippen molar-refractivity contribution in [3.8, 4) is 0 Å². The Morgan fingerprint density at radius 2 is 2.12 bits per heavy atom. The largest absolute Gasteiger partial charge is 0.422 e. The van der Waals surface area contributed by atoms with Crippen LogP contribution in [0.1, 0.15) is 11.1 Å². The number of primary amides is 1. The first-order chi connectivity index (χ1) is 7.99. The second kappa shape index (κ2) is 3.93. The molecule has 5 heteroatoms. The predicted octanol–water partition coefficient (Wildman–Crippen LogP) is 0.711. The molecule has 17 heavy (non-hydrogen) atoms. The minimum absolute atomic E-state index is 0.117. The van der Waals surface area contributed by atoms with Crippen molar-refractivity contribution in [1.29, 1.82) is 0 Å². The minimum Gasteiger partial charge on any atom is -0.422 e. The van der Waals surface area contributed by atoms with E-state index in [0.717, 1.165) is 5.39 Å². The summed E-state index contributed by atoms with van der Waals surface area (Å²) in [6, 6.07) is 5.05. The van der Waals surface area contributed by atoms with Crippen LogP contribution in [0.4, 0.5) is 5.69 Å². The van der Waals surface area contributed by atoms with E-state index >= 15 is 0 Å². The number of benzene rings is 1. The molecule has 0 aliphatic carbocycles. The number of nitrogens with two attached hydrogens (primary N) is 2. The molecule has 0 spiro atoms. The lowest BCUT2D eigenvalue weighted by Gasteiger charge is -2.06. The maximum Gasteiger partial charge on any atom is 0.340 e. The lowest BCUT2D eigenvalue weighted by atomic mass is 10.0. The third-order valence-corrected chi connectivity index (χ3v) is 2.66. The zero-order valence-electron chi connectivity index (χ0n) is 9.32. The Morgan fingerprint density at radius 3 is 2.76 bits per heavy atom. The third-order valence-electron chi connectivity index (χ3n) is 2.66. The molecule has 0 unspecified atom stereocenters. The molecule has 88 valence electrons. The summed E-state index contributed by atoms with van der Waals surface area (Å²) in [5.74, 6) is -0.560. The molecule has 4 N–H and O–H groups in total. The monoisotopic (exact) mass is 232 g/mol. The fourth-order valence-corrected chi connectivity index (χ4v) is 1.79. The van der Waals surface area contributed by atoms with Gasteiger partial charge in [-0.2, -0.15) is 0 Å². The summed E-state index contributed by atoms with van der Waals surface area (Å²) < 4.78 is 5.11. The highest BCUT2D eigenvalue weighted by Gasteiger charge is 2.13. The first-order valence-electron chi connectivity index (χ1n) is 5.09. The smallest absolute Gasteiger partial charge is 0.340 e. The van der Waals surface area contributed by atoms with E-state index in [9.17, 15) is 9.59 Å². The average molecular weight is 232 g/mol. The molecule has 2 aromatic rings. The van der Waals surface area contributed by atoms with Crippen molar-refractivity contribution in [1.82, 2.24) is 0 Å². The minimum atomic E-state index is -0.560. The third kappa shape index (κ3) is 1.99. The lowest BCUT2D eigenvalue weighted by Crippen LogP contribution is -2.20. The van der Waals surface area contributed by atoms with Crippen LogP contribution in [-0.2, 0) is 11.2 Å². The maximum absolute atomic E-state index is 11.7. The number of fused-ring (bicyclic) bond motifs is 1. The quantitative estimate of drug-likeness (QED) is 0.588. The van der Waals surface area contributed by atoms with Crippen LogP contribution in [0.15, 0.2) is 27.4 Å². The predicted molar refractivity (Wildman–Crippen MR) is 64.5 cm³/mol. The fraction of sp³-hybridized carbons (Fsp3) is 0.167. The molecule has 1 aromatic carbocycles. The molecule has 1 aromatic heterocycles. The molecular weight excluding hydrogens is 220 g/mol. The van der Waals surface area contributed by atoms with Crippen molar-refractivity contribution in [2.75, 3.05) is 5.73 Å². The second-order valence-electron chi connectivity index (χ2n) is 3.89. The summed E-state index contributed by atoms with van der Waals surface area (Å²) in [7, 11) is 0. The van der Waals surface area contributed by atoms with Crippen molar-refractivity contribution in [2.45, 2.75) is 13.3 Å². The number of aryl methyl sites for hydroxylation is 1. The summed E-state index contributed by atoms with van der Waals surface area (Å²) >= 11 is 0. The number of amides is 1. The molecule has 1 heterocycles. The molecule has 2 rings (SSSR count). The average Bonchev–Trinajstić information content (AvgIpc) is 2.23. The van der Waals surface area contributed by atoms with Crippen LogP contribution in [0.3, 0.4) is 0 Å². The van der Waals surface area contributed by atoms with Gasteiger partial charge in [-0.3, -0.25) is 4.79 Å². The Balaban J connectivity index is 2.76. The van der Waals surface area contributed by atoms with Crippen LogP contribution in [-0.4, -0.2) is 5.91 Å². The van der Waals surface area contributed by atoms with Crippen molar-refractivity contribution in [3.05, 3.63) is 39.7 Å². The van der Waals surface area contributed by atoms with Gasteiger partial charge in [0.2, 0.25) is 5.91 Å². The summed E-state index contributed by atoms with van der Waals surface area (Å²) in [4.78, 5) is 22.6. The highest BCUT2D eigenvalue weighted by molar-refractivity contribution is 5.85. The van der Waals surface area contributed by atoms with E-state index in [1.54, 1.807) is 25.1 Å². The summed E-state index contributed by atoms with van der Waals surface area (Å²) in [5, 5.41) is 0.759. The van der Waals surface area contributed by atoms with Gasteiger partial charge in [0.05, 0.1) is 12.0 Å². The summed E-state index contributed by atoms with van der Waals surface area (Å²) in [5.41, 5.74) is 12.1. The Morgan fingerprint density at radius 1 is 1.41 bits per heavy atom. The Bertz CT molecular complexity index is 659. The van der Waals surface area contributed by atoms with Crippen molar-refractivity contribution >= 4 is 22.6 Å². The zero-order valence-corrected chi connectivity index (χ0v) is 9.32. The van der Waals surface area contributed by atoms with Crippen LogP contribution in [0.25, 0.3) is 11.0 Å². The number of anilines is 1. The number of nitrogen functional groups attached to an aromatic ring is 1. The second-order valence-corrected chi connectivity index (χ2v) is 3.89. The standard InChI is InChI=1S/C12H12N2O3/c1-6-8-3-2-7(13)4-10(8)17-12(16)9(6)5-11(14)15/h2-4H,5,13H2,1H3,(H2,14,15). The number of hydrogen-bond donors (Lipinski definition) is 2. The van der Waals surface area contributed by atoms with Gasteiger partial charge in [0.15, 0.2) is 0 Å². The SMILES string of the molecule is Cc1c(CC(N)=O)c(=O)oc2cc(N)ccc12. The van der Waals surface area contributed by atoms with E-state index in [1.165, 1.54) is 0 Å². The van der Waals surface area contributed by atoms with Crippen LogP contribution < -0.4 is 17.1 Å². The molecule has 1 amide bonds. The number of rotatable bonds is 2. The molecule has 0 fully saturated rings. The number of carbonyl (C=O) groups excluding carboxylic acids is 1. The van der Waals surface area contributed by atoms with Crippen LogP contribution >= 0.6 is 0 Å². The molecule has 0 saturated carbocycles. The number of carbonyl (C=O) groups is 1. The Labute approximate surface area is 97.0 Å². The van der Waals surface area contributed by atoms with Crippen molar-refractivity contribution in [3.63, 3.8) is 0 Å². The van der Waals surface area contributed by atoms with E-state index in [4.69, 9.17) is 15.9 Å². The highest BCUT2D eigenvalue weighted by Crippen LogP contribution is 2.21. The normalized spacial score (nSPS) is 10.6. The molecule has 0 aliphatic rings. The highest BCUT2D eigenvalue weighted by atomic mass is 16.4. The van der Waals surface area contributed by atoms with E-state index < -0.39 is 11.5 Å². The number of hydrogen-bond acceptors (Lipinski definition) is 4. The molecule has 5 nitrogen and oxygen atoms in total. The van der Waals surface area contributed by atoms with Gasteiger partial charge >= 0.3 is 5.63 Å². The first kappa shape index (κ1) is 11.2. The Hall–Kier alpha value is -2.30. The molecule has 0 bridgehead atoms. The van der Waals surface area contributed by atoms with Gasteiger partial charge in [0.1, 0.15) is 5.58 Å². The van der Waals surface area contributed by atoms with Crippen LogP contribution in [0.5, 0.6) is 0 Å². The van der Waals surface area contributed by atoms with Gasteiger partial charge in [0.25, 0.3) is 0 Å². The van der Waals surface area contributed by atoms with Crippen LogP contribution in [0, 0.1) is 6.92 Å². The van der Waals surface area contributed by atoms with Gasteiger partial charge in [-0.05, 0) is 24.6 Å². The zero-order chi connectivity index (χ0) is 12.6. The van der Waals surface area contributed by atoms with Gasteiger partial charge in [0, 0.05) is 17.1 Å². The first-order valence-corrected chi connectivity index (χ1v) is 5.09. The van der Waals surface area contributed by atoms with E-state index in [0.29, 0.717) is 22.4 Å². The van der Waals surface area contributed by atoms with E-state index in [2.05, 4.69) is 0 Å². The van der Waals surface area contributed by atoms with Crippen LogP contribution in [0.2, 0.25) is 0 Å². The van der Waals surface area contributed by atoms with Crippen molar-refractivity contribution in [2.24, 2.45) is 5.73 Å². The molecule has 0 radical (unpaired) electrons. The Kier molecular flexibility index (Phi) is 2.59. The fourth-order valence-electron chi connectivity index (χ4n) is 1.79. The molecule has 0 saturated heterocycles. The molecule has 0 atom stereocenters. The summed E-state index contributed by atoms with van der Waals surface area (Å²) in [6.45, 7) is 1.76. The summed E-state index contributed by atoms with van der Waals surface area (Å²) in [6.07, 6.45) is -0.117. The van der Waals surface area contributed by atoms with E-state index in [1.807, 2.05) is 0 Å². The molecular formula is C12H12N2O3. The maximum atomic E-state index is 11.7. The van der Waals surface area contributed by atoms with Gasteiger partial charge < -0.3 is 15.9 Å². The molecule has 0 aliphatic heterocycles. The van der Waals surface area contributed by atoms with Crippen molar-refractivity contribution < 1.29 is 9.21 Å². The van der Waals surface area contributed by atoms with Gasteiger partial charge in [-0.15, -0.1) is 0 Å². The van der Waals surface area contributed by atoms with Gasteiger partial charge in [-0.25, -0.2) is 4.79 Å². The van der Waals surface area contributed by atoms with Gasteiger partial charge in [-0.1, -0.05) is 0 Å².